The highest BCUT2D eigenvalue weighted by atomic mass is 31.2. The third-order valence-electron chi connectivity index (χ3n) is 2.28. The van der Waals surface area contributed by atoms with Gasteiger partial charge in [-0.3, -0.25) is 4.57 Å². The van der Waals surface area contributed by atoms with Crippen molar-refractivity contribution in [3.8, 4) is 0 Å². The Morgan fingerprint density at radius 2 is 2.00 bits per heavy atom. The van der Waals surface area contributed by atoms with E-state index >= 15 is 0 Å². The van der Waals surface area contributed by atoms with Gasteiger partial charge in [0.25, 0.3) is 0 Å². The number of hydrogen-bond donors (Lipinski definition) is 0. The van der Waals surface area contributed by atoms with Gasteiger partial charge in [0, 0.05) is 13.8 Å². The van der Waals surface area contributed by atoms with E-state index in [0.29, 0.717) is 12.8 Å². The summed E-state index contributed by atoms with van der Waals surface area (Å²) in [5.74, 6) is 0. The Balaban J connectivity index is 2.47. The maximum Gasteiger partial charge on any atom is 0.327 e. The maximum absolute atomic E-state index is 13.2. The Morgan fingerprint density at radius 1 is 1.38 bits per heavy atom. The topological polar surface area (TPSA) is 35.5 Å². The number of hydrogen-bond acceptors (Lipinski definition) is 3. The molecule has 0 heterocycles. The fraction of sp³-hybridized carbons (Fsp3) is 1.00. The van der Waals surface area contributed by atoms with E-state index in [-0.39, 0.29) is 0 Å². The summed E-state index contributed by atoms with van der Waals surface area (Å²) < 4.78 is 34.4. The van der Waals surface area contributed by atoms with Crippen molar-refractivity contribution in [3.63, 3.8) is 0 Å². The zero-order valence-corrected chi connectivity index (χ0v) is 8.93. The van der Waals surface area contributed by atoms with E-state index in [1.165, 1.54) is 13.8 Å². The zero-order valence-electron chi connectivity index (χ0n) is 8.03. The Hall–Kier alpha value is 0.0800. The highest BCUT2D eigenvalue weighted by molar-refractivity contribution is 7.52. The highest BCUT2D eigenvalue weighted by Gasteiger charge is 2.30. The van der Waals surface area contributed by atoms with Gasteiger partial charge in [0.2, 0.25) is 0 Å². The summed E-state index contributed by atoms with van der Waals surface area (Å²) in [4.78, 5) is 0. The molecule has 1 rings (SSSR count). The van der Waals surface area contributed by atoms with E-state index in [4.69, 9.17) is 4.52 Å². The summed E-state index contributed by atoms with van der Waals surface area (Å²) >= 11 is 0. The van der Waals surface area contributed by atoms with Crippen LogP contribution in [-0.2, 0) is 13.6 Å². The molecule has 5 heteroatoms. The van der Waals surface area contributed by atoms with Crippen LogP contribution >= 0.6 is 7.60 Å². The molecule has 0 bridgehead atoms. The Labute approximate surface area is 78.1 Å². The predicted molar refractivity (Wildman–Crippen MR) is 48.8 cm³/mol. The summed E-state index contributed by atoms with van der Waals surface area (Å²) in [6.07, 6.45) is 1.45. The summed E-state index contributed by atoms with van der Waals surface area (Å²) in [6.45, 7) is 1.37. The SMILES string of the molecule is COP(C)(=O)OC1CCCCC1F. The predicted octanol–water partition coefficient (Wildman–Crippen LogP) is 2.75. The minimum Gasteiger partial charge on any atom is -0.312 e. The lowest BCUT2D eigenvalue weighted by Crippen LogP contribution is -2.28. The average Bonchev–Trinajstić information content (AvgIpc) is 2.09. The first-order chi connectivity index (χ1) is 6.05. The molecule has 3 atom stereocenters. The molecule has 0 aromatic rings. The van der Waals surface area contributed by atoms with E-state index < -0.39 is 19.9 Å². The Kier molecular flexibility index (Phi) is 3.89. The van der Waals surface area contributed by atoms with Gasteiger partial charge >= 0.3 is 7.60 Å². The van der Waals surface area contributed by atoms with Crippen molar-refractivity contribution < 1.29 is 18.0 Å². The zero-order chi connectivity index (χ0) is 9.90. The molecule has 0 amide bonds. The minimum absolute atomic E-state index is 0.508. The molecule has 1 aliphatic carbocycles. The van der Waals surface area contributed by atoms with Crippen LogP contribution in [0.25, 0.3) is 0 Å². The van der Waals surface area contributed by atoms with Gasteiger partial charge in [0.15, 0.2) is 0 Å². The van der Waals surface area contributed by atoms with E-state index in [9.17, 15) is 8.96 Å². The van der Waals surface area contributed by atoms with Crippen molar-refractivity contribution in [1.29, 1.82) is 0 Å². The van der Waals surface area contributed by atoms with Gasteiger partial charge in [-0.15, -0.1) is 0 Å². The van der Waals surface area contributed by atoms with Crippen molar-refractivity contribution in [2.24, 2.45) is 0 Å². The summed E-state index contributed by atoms with van der Waals surface area (Å²) in [5, 5.41) is 0. The number of halogens is 1. The summed E-state index contributed by atoms with van der Waals surface area (Å²) in [5.41, 5.74) is 0. The van der Waals surface area contributed by atoms with Crippen molar-refractivity contribution >= 4 is 7.60 Å². The molecule has 1 aliphatic rings. The first-order valence-corrected chi connectivity index (χ1v) is 6.50. The van der Waals surface area contributed by atoms with Gasteiger partial charge in [-0.25, -0.2) is 4.39 Å². The number of rotatable bonds is 3. The van der Waals surface area contributed by atoms with Gasteiger partial charge < -0.3 is 9.05 Å². The molecule has 1 fully saturated rings. The quantitative estimate of drug-likeness (QED) is 0.672. The molecular weight excluding hydrogens is 194 g/mol. The third-order valence-corrected chi connectivity index (χ3v) is 3.60. The summed E-state index contributed by atoms with van der Waals surface area (Å²) in [6, 6.07) is 0. The second-order valence-electron chi connectivity index (χ2n) is 3.40. The second-order valence-corrected chi connectivity index (χ2v) is 5.52. The molecule has 0 aromatic carbocycles. The standard InChI is InChI=1S/C8H16FO3P/c1-11-13(2,10)12-8-6-4-3-5-7(8)9/h7-8H,3-6H2,1-2H3. The maximum atomic E-state index is 13.2. The molecule has 3 nitrogen and oxygen atoms in total. The molecule has 0 aliphatic heterocycles. The highest BCUT2D eigenvalue weighted by Crippen LogP contribution is 2.46. The lowest BCUT2D eigenvalue weighted by Gasteiger charge is -2.27. The van der Waals surface area contributed by atoms with Gasteiger partial charge in [-0.05, 0) is 12.8 Å². The van der Waals surface area contributed by atoms with Crippen molar-refractivity contribution in [3.05, 3.63) is 0 Å². The Bertz CT molecular complexity index is 210. The first-order valence-electron chi connectivity index (χ1n) is 4.51. The fourth-order valence-corrected chi connectivity index (χ4v) is 2.27. The number of alkyl halides is 1. The monoisotopic (exact) mass is 210 g/mol. The van der Waals surface area contributed by atoms with Crippen LogP contribution in [0.2, 0.25) is 0 Å². The molecule has 78 valence electrons. The Morgan fingerprint density at radius 3 is 2.54 bits per heavy atom. The van der Waals surface area contributed by atoms with E-state index in [1.54, 1.807) is 0 Å². The first kappa shape index (κ1) is 11.2. The summed E-state index contributed by atoms with van der Waals surface area (Å²) in [7, 11) is -1.70. The van der Waals surface area contributed by atoms with Crippen LogP contribution in [-0.4, -0.2) is 26.1 Å². The van der Waals surface area contributed by atoms with Crippen molar-refractivity contribution in [2.75, 3.05) is 13.8 Å². The third kappa shape index (κ3) is 3.37. The van der Waals surface area contributed by atoms with E-state index in [0.717, 1.165) is 12.8 Å². The van der Waals surface area contributed by atoms with Crippen LogP contribution < -0.4 is 0 Å². The second kappa shape index (κ2) is 4.54. The van der Waals surface area contributed by atoms with E-state index in [1.807, 2.05) is 0 Å². The molecule has 13 heavy (non-hydrogen) atoms. The van der Waals surface area contributed by atoms with Gasteiger partial charge in [-0.2, -0.15) is 0 Å². The van der Waals surface area contributed by atoms with Crippen LogP contribution in [0.3, 0.4) is 0 Å². The average molecular weight is 210 g/mol. The minimum atomic E-state index is -3.02. The molecule has 0 saturated heterocycles. The molecule has 0 radical (unpaired) electrons. The van der Waals surface area contributed by atoms with Crippen LogP contribution in [0.5, 0.6) is 0 Å². The lowest BCUT2D eigenvalue weighted by molar-refractivity contribution is 0.0522. The van der Waals surface area contributed by atoms with E-state index in [2.05, 4.69) is 4.52 Å². The van der Waals surface area contributed by atoms with Crippen LogP contribution in [0, 0.1) is 0 Å². The lowest BCUT2D eigenvalue weighted by atomic mass is 9.96. The fourth-order valence-electron chi connectivity index (χ4n) is 1.46. The molecular formula is C8H16FO3P. The molecule has 0 aromatic heterocycles. The van der Waals surface area contributed by atoms with Gasteiger partial charge in [0.05, 0.1) is 6.10 Å². The van der Waals surface area contributed by atoms with Crippen molar-refractivity contribution in [2.45, 2.75) is 38.0 Å². The van der Waals surface area contributed by atoms with Crippen LogP contribution in [0.1, 0.15) is 25.7 Å². The molecule has 0 N–H and O–H groups in total. The van der Waals surface area contributed by atoms with Gasteiger partial charge in [0.1, 0.15) is 6.17 Å². The molecule has 3 unspecified atom stereocenters. The molecule has 1 saturated carbocycles. The van der Waals surface area contributed by atoms with Crippen molar-refractivity contribution in [1.82, 2.24) is 0 Å². The van der Waals surface area contributed by atoms with Crippen LogP contribution in [0.4, 0.5) is 4.39 Å². The largest absolute Gasteiger partial charge is 0.327 e. The van der Waals surface area contributed by atoms with Crippen LogP contribution in [0.15, 0.2) is 0 Å². The van der Waals surface area contributed by atoms with Gasteiger partial charge in [-0.1, -0.05) is 12.8 Å². The normalized spacial score (nSPS) is 34.1. The smallest absolute Gasteiger partial charge is 0.312 e. The molecule has 0 spiro atoms.